The molecule has 0 saturated heterocycles. The first kappa shape index (κ1) is 16.5. The van der Waals surface area contributed by atoms with Gasteiger partial charge in [-0.05, 0) is 32.5 Å². The van der Waals surface area contributed by atoms with Crippen molar-refractivity contribution in [1.82, 2.24) is 20.3 Å². The Hall–Kier alpha value is -1.86. The quantitative estimate of drug-likeness (QED) is 0.887. The molecule has 7 heteroatoms. The Morgan fingerprint density at radius 1 is 1.45 bits per heavy atom. The van der Waals surface area contributed by atoms with Crippen molar-refractivity contribution < 1.29 is 9.32 Å². The monoisotopic (exact) mass is 322 g/mol. The highest BCUT2D eigenvalue weighted by Crippen LogP contribution is 2.22. The average Bonchev–Trinajstić information content (AvgIpc) is 3.10. The van der Waals surface area contributed by atoms with Gasteiger partial charge in [-0.2, -0.15) is 0 Å². The number of nitrogens with zero attached hydrogens (tertiary/aromatic N) is 3. The number of thiophene rings is 1. The predicted octanol–water partition coefficient (Wildman–Crippen LogP) is 2.49. The molecule has 2 rings (SSSR count). The van der Waals surface area contributed by atoms with E-state index in [1.54, 1.807) is 23.3 Å². The Labute approximate surface area is 134 Å². The van der Waals surface area contributed by atoms with Gasteiger partial charge in [0, 0.05) is 24.5 Å². The van der Waals surface area contributed by atoms with Crippen molar-refractivity contribution >= 4 is 17.4 Å². The van der Waals surface area contributed by atoms with Gasteiger partial charge in [0.2, 0.25) is 0 Å². The molecule has 2 aromatic rings. The summed E-state index contributed by atoms with van der Waals surface area (Å²) in [6.07, 6.45) is 0. The number of carbonyl (C=O) groups is 1. The third kappa shape index (κ3) is 4.32. The third-order valence-corrected chi connectivity index (χ3v) is 4.34. The summed E-state index contributed by atoms with van der Waals surface area (Å²) in [6, 6.07) is 5.99. The minimum atomic E-state index is -0.121. The van der Waals surface area contributed by atoms with Crippen LogP contribution in [0.25, 0.3) is 0 Å². The zero-order valence-corrected chi connectivity index (χ0v) is 14.2. The number of amides is 2. The number of nitrogens with one attached hydrogen (secondary N) is 1. The van der Waals surface area contributed by atoms with Crippen LogP contribution in [0.15, 0.2) is 28.1 Å². The smallest absolute Gasteiger partial charge is 0.317 e. The summed E-state index contributed by atoms with van der Waals surface area (Å²) >= 11 is 1.70. The average molecular weight is 322 g/mol. The summed E-state index contributed by atoms with van der Waals surface area (Å²) in [5.41, 5.74) is 0.748. The summed E-state index contributed by atoms with van der Waals surface area (Å²) in [4.78, 5) is 17.1. The molecule has 0 spiro atoms. The molecule has 0 aliphatic heterocycles. The molecule has 120 valence electrons. The molecule has 0 aromatic carbocycles. The molecule has 0 saturated carbocycles. The summed E-state index contributed by atoms with van der Waals surface area (Å²) in [6.45, 7) is 2.82. The van der Waals surface area contributed by atoms with Gasteiger partial charge >= 0.3 is 6.03 Å². The predicted molar refractivity (Wildman–Crippen MR) is 86.9 cm³/mol. The van der Waals surface area contributed by atoms with Gasteiger partial charge in [-0.3, -0.25) is 0 Å². The van der Waals surface area contributed by atoms with Crippen LogP contribution in [0.1, 0.15) is 22.4 Å². The molecule has 2 heterocycles. The van der Waals surface area contributed by atoms with Gasteiger partial charge in [0.25, 0.3) is 0 Å². The molecule has 0 fully saturated rings. The maximum atomic E-state index is 12.2. The molecule has 2 aromatic heterocycles. The molecule has 22 heavy (non-hydrogen) atoms. The van der Waals surface area contributed by atoms with Crippen LogP contribution < -0.4 is 5.32 Å². The van der Waals surface area contributed by atoms with E-state index in [2.05, 4.69) is 21.4 Å². The second-order valence-electron chi connectivity index (χ2n) is 5.47. The van der Waals surface area contributed by atoms with Crippen LogP contribution in [-0.4, -0.2) is 48.7 Å². The number of aromatic nitrogens is 1. The van der Waals surface area contributed by atoms with Gasteiger partial charge in [0.15, 0.2) is 0 Å². The first-order chi connectivity index (χ1) is 10.5. The number of rotatable bonds is 6. The number of hydrogen-bond donors (Lipinski definition) is 1. The lowest BCUT2D eigenvalue weighted by Crippen LogP contribution is -2.41. The first-order valence-corrected chi connectivity index (χ1v) is 7.96. The van der Waals surface area contributed by atoms with Crippen LogP contribution in [-0.2, 0) is 6.54 Å². The summed E-state index contributed by atoms with van der Waals surface area (Å²) in [7, 11) is 5.77. The summed E-state index contributed by atoms with van der Waals surface area (Å²) < 4.78 is 5.01. The van der Waals surface area contributed by atoms with Crippen LogP contribution in [0.2, 0.25) is 0 Å². The molecular formula is C15H22N4O2S. The highest BCUT2D eigenvalue weighted by molar-refractivity contribution is 7.10. The highest BCUT2D eigenvalue weighted by atomic mass is 32.1. The number of urea groups is 1. The maximum Gasteiger partial charge on any atom is 0.317 e. The molecule has 1 N–H and O–H groups in total. The zero-order valence-electron chi connectivity index (χ0n) is 13.4. The number of likely N-dealkylation sites (N-methyl/N-ethyl adjacent to an activating group) is 1. The Balaban J connectivity index is 1.88. The van der Waals surface area contributed by atoms with E-state index >= 15 is 0 Å². The lowest BCUT2D eigenvalue weighted by atomic mass is 10.2. The van der Waals surface area contributed by atoms with Crippen LogP contribution in [0.4, 0.5) is 4.79 Å². The Bertz CT molecular complexity index is 594. The fourth-order valence-corrected chi connectivity index (χ4v) is 3.07. The summed E-state index contributed by atoms with van der Waals surface area (Å²) in [5, 5.41) is 8.92. The number of carbonyl (C=O) groups excluding carboxylic acids is 1. The Kier molecular flexibility index (Phi) is 5.57. The minimum Gasteiger partial charge on any atom is -0.361 e. The van der Waals surface area contributed by atoms with Crippen molar-refractivity contribution in [3.05, 3.63) is 39.9 Å². The molecule has 0 radical (unpaired) electrons. The van der Waals surface area contributed by atoms with E-state index in [4.69, 9.17) is 4.52 Å². The third-order valence-electron chi connectivity index (χ3n) is 3.36. The highest BCUT2D eigenvalue weighted by Gasteiger charge is 2.18. The lowest BCUT2D eigenvalue weighted by Gasteiger charge is -2.25. The molecular weight excluding hydrogens is 300 g/mol. The molecule has 6 nitrogen and oxygen atoms in total. The van der Waals surface area contributed by atoms with E-state index < -0.39 is 0 Å². The van der Waals surface area contributed by atoms with E-state index in [0.29, 0.717) is 13.1 Å². The molecule has 2 amide bonds. The lowest BCUT2D eigenvalue weighted by molar-refractivity contribution is 0.200. The van der Waals surface area contributed by atoms with Crippen LogP contribution in [0, 0.1) is 6.92 Å². The van der Waals surface area contributed by atoms with Crippen molar-refractivity contribution in [1.29, 1.82) is 0 Å². The van der Waals surface area contributed by atoms with E-state index in [1.807, 2.05) is 38.5 Å². The van der Waals surface area contributed by atoms with Gasteiger partial charge in [-0.1, -0.05) is 11.2 Å². The first-order valence-electron chi connectivity index (χ1n) is 7.08. The van der Waals surface area contributed by atoms with Crippen molar-refractivity contribution in [2.75, 3.05) is 27.7 Å². The van der Waals surface area contributed by atoms with Crippen molar-refractivity contribution in [3.8, 4) is 0 Å². The fraction of sp³-hybridized carbons (Fsp3) is 0.467. The fourth-order valence-electron chi connectivity index (χ4n) is 2.14. The normalized spacial score (nSPS) is 12.4. The molecule has 0 bridgehead atoms. The van der Waals surface area contributed by atoms with Crippen LogP contribution in [0.3, 0.4) is 0 Å². The molecule has 0 aliphatic rings. The van der Waals surface area contributed by atoms with Gasteiger partial charge in [0.05, 0.1) is 12.6 Å². The summed E-state index contributed by atoms with van der Waals surface area (Å²) in [5.74, 6) is 0.745. The molecule has 1 atom stereocenters. The number of aryl methyl sites for hydroxylation is 1. The zero-order chi connectivity index (χ0) is 16.1. The van der Waals surface area contributed by atoms with E-state index in [-0.39, 0.29) is 12.1 Å². The molecule has 0 aliphatic carbocycles. The SMILES string of the molecule is Cc1cc(CN(C)C(=O)NC[C@H](c2cccs2)N(C)C)no1. The number of hydrogen-bond acceptors (Lipinski definition) is 5. The van der Waals surface area contributed by atoms with Crippen LogP contribution in [0.5, 0.6) is 0 Å². The van der Waals surface area contributed by atoms with E-state index in [0.717, 1.165) is 11.5 Å². The van der Waals surface area contributed by atoms with Crippen molar-refractivity contribution in [2.45, 2.75) is 19.5 Å². The molecule has 0 unspecified atom stereocenters. The van der Waals surface area contributed by atoms with Gasteiger partial charge in [-0.15, -0.1) is 11.3 Å². The van der Waals surface area contributed by atoms with E-state index in [1.165, 1.54) is 4.88 Å². The maximum absolute atomic E-state index is 12.2. The minimum absolute atomic E-state index is 0.121. The Morgan fingerprint density at radius 2 is 2.23 bits per heavy atom. The van der Waals surface area contributed by atoms with E-state index in [9.17, 15) is 4.79 Å². The second-order valence-corrected chi connectivity index (χ2v) is 6.45. The van der Waals surface area contributed by atoms with Gasteiger partial charge in [0.1, 0.15) is 11.5 Å². The topological polar surface area (TPSA) is 61.6 Å². The van der Waals surface area contributed by atoms with Gasteiger partial charge < -0.3 is 19.6 Å². The largest absolute Gasteiger partial charge is 0.361 e. The van der Waals surface area contributed by atoms with Gasteiger partial charge in [-0.25, -0.2) is 4.79 Å². The van der Waals surface area contributed by atoms with Crippen molar-refractivity contribution in [3.63, 3.8) is 0 Å². The van der Waals surface area contributed by atoms with Crippen LogP contribution >= 0.6 is 11.3 Å². The standard InChI is InChI=1S/C15H22N4O2S/c1-11-8-12(17-21-11)10-19(4)15(20)16-9-13(18(2)3)14-6-5-7-22-14/h5-8,13H,9-10H2,1-4H3,(H,16,20)/t13-/m1/s1. The van der Waals surface area contributed by atoms with Crippen molar-refractivity contribution in [2.24, 2.45) is 0 Å². The Morgan fingerprint density at radius 3 is 2.77 bits per heavy atom. The second kappa shape index (κ2) is 7.42.